The van der Waals surface area contributed by atoms with E-state index >= 15 is 0 Å². The predicted octanol–water partition coefficient (Wildman–Crippen LogP) is 4.29. The van der Waals surface area contributed by atoms with Gasteiger partial charge < -0.3 is 25.5 Å². The Morgan fingerprint density at radius 1 is 1.12 bits per heavy atom. The predicted molar refractivity (Wildman–Crippen MR) is 124 cm³/mol. The Labute approximate surface area is 186 Å². The second-order valence-corrected chi connectivity index (χ2v) is 7.96. The van der Waals surface area contributed by atoms with E-state index in [2.05, 4.69) is 45.4 Å². The van der Waals surface area contributed by atoms with Crippen LogP contribution in [0.5, 0.6) is 5.75 Å². The Bertz CT molecular complexity index is 1400. The number of hydrogen-bond acceptors (Lipinski definition) is 5. The number of carbonyl (C=O) groups excluding carboxylic acids is 1. The zero-order valence-corrected chi connectivity index (χ0v) is 17.9. The molecule has 0 atom stereocenters. The highest BCUT2D eigenvalue weighted by Gasteiger charge is 2.17. The molecule has 0 radical (unpaired) electrons. The highest BCUT2D eigenvalue weighted by atomic mass is 32.1. The number of phenols is 1. The first kappa shape index (κ1) is 21.1. The number of carboxylic acids is 1. The van der Waals surface area contributed by atoms with Gasteiger partial charge in [-0.1, -0.05) is 24.3 Å². The van der Waals surface area contributed by atoms with Crippen molar-refractivity contribution in [2.75, 3.05) is 6.54 Å². The second kappa shape index (κ2) is 8.94. The molecule has 0 saturated heterocycles. The number of hydrogen-bond donors (Lipinski definition) is 5. The molecule has 3 heterocycles. The Hall–Kier alpha value is -4.11. The fraction of sp³-hybridized carbons (Fsp3) is 0.0870. The standard InChI is InChI=1S/C14H11N3O4S.C9H9N/c18-8-4-3-7(14(21)15-6-10(19)20)11-12(8)17-13(16-11)9-2-1-5-22-9;1-7-6-10-9-5-3-2-4-8(7)9/h1-5,18H,6H2,(H,15,21)(H,16,17)(H,19,20);2-6,10H,1H3. The van der Waals surface area contributed by atoms with Gasteiger partial charge in [0.1, 0.15) is 29.2 Å². The number of imidazole rings is 1. The van der Waals surface area contributed by atoms with Gasteiger partial charge in [-0.15, -0.1) is 11.3 Å². The van der Waals surface area contributed by atoms with Crippen molar-refractivity contribution in [3.8, 4) is 16.5 Å². The number of thiophene rings is 1. The van der Waals surface area contributed by atoms with E-state index in [0.29, 0.717) is 16.9 Å². The highest BCUT2D eigenvalue weighted by molar-refractivity contribution is 7.13. The van der Waals surface area contributed by atoms with Crippen molar-refractivity contribution in [1.29, 1.82) is 0 Å². The molecule has 1 amide bonds. The molecule has 5 aromatic rings. The van der Waals surface area contributed by atoms with Gasteiger partial charge in [0.05, 0.1) is 10.4 Å². The van der Waals surface area contributed by atoms with Crippen LogP contribution in [0.25, 0.3) is 32.6 Å². The number of para-hydroxylation sites is 1. The topological polar surface area (TPSA) is 131 Å². The minimum atomic E-state index is -1.13. The zero-order chi connectivity index (χ0) is 22.7. The van der Waals surface area contributed by atoms with Crippen molar-refractivity contribution < 1.29 is 19.8 Å². The van der Waals surface area contributed by atoms with E-state index in [-0.39, 0.29) is 11.3 Å². The molecule has 0 spiro atoms. The van der Waals surface area contributed by atoms with Crippen LogP contribution in [0.4, 0.5) is 0 Å². The van der Waals surface area contributed by atoms with Gasteiger partial charge in [0.25, 0.3) is 5.91 Å². The molecule has 8 nitrogen and oxygen atoms in total. The smallest absolute Gasteiger partial charge is 0.322 e. The number of carbonyl (C=O) groups is 2. The third-order valence-electron chi connectivity index (χ3n) is 4.82. The number of amides is 1. The molecule has 32 heavy (non-hydrogen) atoms. The van der Waals surface area contributed by atoms with Gasteiger partial charge >= 0.3 is 5.97 Å². The molecule has 3 aromatic heterocycles. The van der Waals surface area contributed by atoms with Crippen LogP contribution in [0.2, 0.25) is 0 Å². The average molecular weight is 449 g/mol. The number of nitrogens with zero attached hydrogens (tertiary/aromatic N) is 1. The molecule has 0 aliphatic heterocycles. The summed E-state index contributed by atoms with van der Waals surface area (Å²) >= 11 is 1.47. The lowest BCUT2D eigenvalue weighted by Crippen LogP contribution is -2.29. The number of aliphatic carboxylic acids is 1. The van der Waals surface area contributed by atoms with E-state index in [1.165, 1.54) is 39.9 Å². The Balaban J connectivity index is 0.000000203. The van der Waals surface area contributed by atoms with Gasteiger partial charge in [-0.25, -0.2) is 4.98 Å². The van der Waals surface area contributed by atoms with E-state index in [0.717, 1.165) is 4.88 Å². The first-order valence-corrected chi connectivity index (χ1v) is 10.6. The summed E-state index contributed by atoms with van der Waals surface area (Å²) in [6.07, 6.45) is 2.03. The van der Waals surface area contributed by atoms with Crippen molar-refractivity contribution >= 4 is 45.1 Å². The molecule has 0 saturated carbocycles. The molecule has 162 valence electrons. The SMILES string of the molecule is Cc1c[nH]c2ccccc12.O=C(O)CNC(=O)c1ccc(O)c2[nH]c(-c3cccs3)nc12. The number of aryl methyl sites for hydroxylation is 1. The third kappa shape index (κ3) is 4.33. The number of nitrogens with one attached hydrogen (secondary N) is 3. The molecule has 0 bridgehead atoms. The van der Waals surface area contributed by atoms with Crippen molar-refractivity contribution in [1.82, 2.24) is 20.3 Å². The zero-order valence-electron chi connectivity index (χ0n) is 17.0. The van der Waals surface area contributed by atoms with Crippen molar-refractivity contribution in [2.24, 2.45) is 0 Å². The number of aromatic amines is 2. The van der Waals surface area contributed by atoms with Gasteiger partial charge in [-0.05, 0) is 42.1 Å². The molecule has 2 aromatic carbocycles. The fourth-order valence-electron chi connectivity index (χ4n) is 3.26. The molecule has 0 fully saturated rings. The number of benzene rings is 2. The van der Waals surface area contributed by atoms with Crippen LogP contribution in [-0.4, -0.2) is 43.6 Å². The van der Waals surface area contributed by atoms with E-state index in [4.69, 9.17) is 5.11 Å². The maximum Gasteiger partial charge on any atom is 0.322 e. The van der Waals surface area contributed by atoms with Crippen LogP contribution in [0.3, 0.4) is 0 Å². The first-order valence-electron chi connectivity index (χ1n) is 9.72. The molecule has 5 N–H and O–H groups in total. The number of rotatable bonds is 4. The fourth-order valence-corrected chi connectivity index (χ4v) is 3.93. The average Bonchev–Trinajstić information content (AvgIpc) is 3.53. The minimum Gasteiger partial charge on any atom is -0.506 e. The van der Waals surface area contributed by atoms with Crippen molar-refractivity contribution in [3.05, 3.63) is 71.2 Å². The van der Waals surface area contributed by atoms with Gasteiger partial charge in [0, 0.05) is 17.1 Å². The summed E-state index contributed by atoms with van der Waals surface area (Å²) in [5, 5.41) is 24.0. The maximum atomic E-state index is 12.1. The van der Waals surface area contributed by atoms with Gasteiger partial charge in [0.2, 0.25) is 0 Å². The lowest BCUT2D eigenvalue weighted by molar-refractivity contribution is -0.135. The van der Waals surface area contributed by atoms with Crippen molar-refractivity contribution in [3.63, 3.8) is 0 Å². The summed E-state index contributed by atoms with van der Waals surface area (Å²) in [4.78, 5) is 34.0. The summed E-state index contributed by atoms with van der Waals surface area (Å²) in [5.41, 5.74) is 3.38. The quantitative estimate of drug-likeness (QED) is 0.280. The van der Waals surface area contributed by atoms with Crippen LogP contribution in [-0.2, 0) is 4.79 Å². The van der Waals surface area contributed by atoms with Gasteiger partial charge in [-0.2, -0.15) is 0 Å². The Kier molecular flexibility index (Phi) is 5.91. The third-order valence-corrected chi connectivity index (χ3v) is 5.69. The van der Waals surface area contributed by atoms with Crippen LogP contribution < -0.4 is 5.32 Å². The minimum absolute atomic E-state index is 0.0277. The van der Waals surface area contributed by atoms with Crippen LogP contribution in [0.15, 0.2) is 60.1 Å². The molecular formula is C23H20N4O4S. The molecule has 0 aliphatic rings. The first-order chi connectivity index (χ1) is 15.4. The second-order valence-electron chi connectivity index (χ2n) is 7.01. The number of phenolic OH excluding ortho intramolecular Hbond substituents is 1. The largest absolute Gasteiger partial charge is 0.506 e. The number of aromatic nitrogens is 3. The summed E-state index contributed by atoms with van der Waals surface area (Å²) in [5.74, 6) is -1.18. The number of carboxylic acid groups (broad SMARTS) is 1. The summed E-state index contributed by atoms with van der Waals surface area (Å²) in [6, 6.07) is 14.8. The molecule has 0 unspecified atom stereocenters. The van der Waals surface area contributed by atoms with E-state index in [1.807, 2.05) is 29.8 Å². The van der Waals surface area contributed by atoms with Gasteiger partial charge in [0.15, 0.2) is 0 Å². The summed E-state index contributed by atoms with van der Waals surface area (Å²) in [7, 11) is 0. The number of H-pyrrole nitrogens is 2. The van der Waals surface area contributed by atoms with E-state index in [1.54, 1.807) is 0 Å². The van der Waals surface area contributed by atoms with Crippen LogP contribution >= 0.6 is 11.3 Å². The molecule has 5 rings (SSSR count). The Morgan fingerprint density at radius 2 is 1.94 bits per heavy atom. The summed E-state index contributed by atoms with van der Waals surface area (Å²) < 4.78 is 0. The highest BCUT2D eigenvalue weighted by Crippen LogP contribution is 2.30. The lowest BCUT2D eigenvalue weighted by atomic mass is 10.1. The lowest BCUT2D eigenvalue weighted by Gasteiger charge is -2.03. The maximum absolute atomic E-state index is 12.1. The number of aromatic hydroxyl groups is 1. The Morgan fingerprint density at radius 3 is 2.66 bits per heavy atom. The normalized spacial score (nSPS) is 10.7. The molecule has 0 aliphatic carbocycles. The van der Waals surface area contributed by atoms with Gasteiger partial charge in [-0.3, -0.25) is 9.59 Å². The van der Waals surface area contributed by atoms with E-state index in [9.17, 15) is 14.7 Å². The molecule has 9 heteroatoms. The van der Waals surface area contributed by atoms with Crippen LogP contribution in [0.1, 0.15) is 15.9 Å². The van der Waals surface area contributed by atoms with Crippen LogP contribution in [0, 0.1) is 6.92 Å². The summed E-state index contributed by atoms with van der Waals surface area (Å²) in [6.45, 7) is 1.63. The monoisotopic (exact) mass is 448 g/mol. The molecular weight excluding hydrogens is 428 g/mol. The van der Waals surface area contributed by atoms with E-state index < -0.39 is 18.4 Å². The van der Waals surface area contributed by atoms with Crippen molar-refractivity contribution in [2.45, 2.75) is 6.92 Å². The number of fused-ring (bicyclic) bond motifs is 2.